The lowest BCUT2D eigenvalue weighted by atomic mass is 10.1. The Morgan fingerprint density at radius 2 is 2.21 bits per heavy atom. The number of likely N-dealkylation sites (N-methyl/N-ethyl adjacent to an activating group) is 1. The smallest absolute Gasteiger partial charge is 0.133 e. The fraction of sp³-hybridized carbons (Fsp3) is 0.333. The van der Waals surface area contributed by atoms with E-state index in [1.165, 1.54) is 10.9 Å². The number of nitrogens with one attached hydrogen (secondary N) is 1. The van der Waals surface area contributed by atoms with Gasteiger partial charge in [0.05, 0.1) is 6.26 Å². The van der Waals surface area contributed by atoms with Crippen LogP contribution in [-0.2, 0) is 6.42 Å². The summed E-state index contributed by atoms with van der Waals surface area (Å²) in [5, 5.41) is 4.42. The SMILES string of the molecule is CNC(C)Cc1ccc2occc2c1. The molecule has 0 saturated heterocycles. The molecule has 2 nitrogen and oxygen atoms in total. The van der Waals surface area contributed by atoms with Crippen LogP contribution in [0.2, 0.25) is 0 Å². The molecule has 0 aliphatic rings. The second kappa shape index (κ2) is 3.84. The van der Waals surface area contributed by atoms with Crippen LogP contribution in [0, 0.1) is 0 Å². The summed E-state index contributed by atoms with van der Waals surface area (Å²) < 4.78 is 5.29. The zero-order valence-corrected chi connectivity index (χ0v) is 8.58. The van der Waals surface area contributed by atoms with Gasteiger partial charge in [-0.15, -0.1) is 0 Å². The van der Waals surface area contributed by atoms with E-state index in [9.17, 15) is 0 Å². The van der Waals surface area contributed by atoms with Crippen LogP contribution >= 0.6 is 0 Å². The van der Waals surface area contributed by atoms with Gasteiger partial charge in [0.25, 0.3) is 0 Å². The van der Waals surface area contributed by atoms with Crippen LogP contribution in [0.1, 0.15) is 12.5 Å². The zero-order valence-electron chi connectivity index (χ0n) is 8.58. The van der Waals surface area contributed by atoms with Gasteiger partial charge in [0.1, 0.15) is 5.58 Å². The Kier molecular flexibility index (Phi) is 2.55. The summed E-state index contributed by atoms with van der Waals surface area (Å²) in [5.74, 6) is 0. The van der Waals surface area contributed by atoms with Crippen molar-refractivity contribution in [3.63, 3.8) is 0 Å². The van der Waals surface area contributed by atoms with Gasteiger partial charge < -0.3 is 9.73 Å². The van der Waals surface area contributed by atoms with Gasteiger partial charge in [-0.1, -0.05) is 6.07 Å². The Morgan fingerprint density at radius 1 is 1.36 bits per heavy atom. The van der Waals surface area contributed by atoms with Gasteiger partial charge in [-0.3, -0.25) is 0 Å². The Hall–Kier alpha value is -1.28. The molecule has 0 fully saturated rings. The first-order valence-corrected chi connectivity index (χ1v) is 4.93. The van der Waals surface area contributed by atoms with Gasteiger partial charge in [0.2, 0.25) is 0 Å². The van der Waals surface area contributed by atoms with Crippen LogP contribution in [0.15, 0.2) is 34.9 Å². The van der Waals surface area contributed by atoms with Crippen molar-refractivity contribution >= 4 is 11.0 Å². The summed E-state index contributed by atoms with van der Waals surface area (Å²) >= 11 is 0. The van der Waals surface area contributed by atoms with Gasteiger partial charge in [-0.05, 0) is 44.2 Å². The molecule has 0 amide bonds. The monoisotopic (exact) mass is 189 g/mol. The summed E-state index contributed by atoms with van der Waals surface area (Å²) in [7, 11) is 1.99. The second-order valence-electron chi connectivity index (χ2n) is 3.69. The highest BCUT2D eigenvalue weighted by molar-refractivity contribution is 5.77. The Morgan fingerprint density at radius 3 is 3.00 bits per heavy atom. The Labute approximate surface area is 83.9 Å². The van der Waals surface area contributed by atoms with Crippen molar-refractivity contribution in [1.29, 1.82) is 0 Å². The molecule has 0 aliphatic heterocycles. The van der Waals surface area contributed by atoms with E-state index in [1.807, 2.05) is 19.2 Å². The summed E-state index contributed by atoms with van der Waals surface area (Å²) in [6, 6.07) is 8.86. The third kappa shape index (κ3) is 1.80. The minimum absolute atomic E-state index is 0.513. The van der Waals surface area contributed by atoms with Crippen molar-refractivity contribution in [1.82, 2.24) is 5.32 Å². The highest BCUT2D eigenvalue weighted by Crippen LogP contribution is 2.17. The molecule has 0 saturated carbocycles. The fourth-order valence-electron chi connectivity index (χ4n) is 1.60. The minimum Gasteiger partial charge on any atom is -0.464 e. The average molecular weight is 189 g/mol. The third-order valence-electron chi connectivity index (χ3n) is 2.55. The van der Waals surface area contributed by atoms with E-state index in [4.69, 9.17) is 4.42 Å². The van der Waals surface area contributed by atoms with Gasteiger partial charge in [-0.25, -0.2) is 0 Å². The number of fused-ring (bicyclic) bond motifs is 1. The lowest BCUT2D eigenvalue weighted by Crippen LogP contribution is -2.23. The van der Waals surface area contributed by atoms with Crippen LogP contribution in [0.25, 0.3) is 11.0 Å². The summed E-state index contributed by atoms with van der Waals surface area (Å²) in [5.41, 5.74) is 2.31. The first-order valence-electron chi connectivity index (χ1n) is 4.93. The van der Waals surface area contributed by atoms with Crippen LogP contribution < -0.4 is 5.32 Å². The van der Waals surface area contributed by atoms with E-state index in [-0.39, 0.29) is 0 Å². The van der Waals surface area contributed by atoms with Gasteiger partial charge >= 0.3 is 0 Å². The molecule has 0 radical (unpaired) electrons. The first kappa shape index (κ1) is 9.28. The van der Waals surface area contributed by atoms with Crippen molar-refractivity contribution in [2.75, 3.05) is 7.05 Å². The Balaban J connectivity index is 2.25. The molecular weight excluding hydrogens is 174 g/mol. The highest BCUT2D eigenvalue weighted by atomic mass is 16.3. The quantitative estimate of drug-likeness (QED) is 0.802. The van der Waals surface area contributed by atoms with Gasteiger partial charge in [0.15, 0.2) is 0 Å². The average Bonchev–Trinajstić information content (AvgIpc) is 2.64. The molecule has 0 spiro atoms. The van der Waals surface area contributed by atoms with Crippen LogP contribution in [0.5, 0.6) is 0 Å². The van der Waals surface area contributed by atoms with E-state index in [0.29, 0.717) is 6.04 Å². The molecule has 0 aliphatic carbocycles. The number of rotatable bonds is 3. The van der Waals surface area contributed by atoms with E-state index in [2.05, 4.69) is 24.4 Å². The molecule has 74 valence electrons. The zero-order chi connectivity index (χ0) is 9.97. The first-order chi connectivity index (χ1) is 6.79. The molecule has 1 heterocycles. The predicted molar refractivity (Wildman–Crippen MR) is 58.4 cm³/mol. The third-order valence-corrected chi connectivity index (χ3v) is 2.55. The molecule has 1 unspecified atom stereocenters. The predicted octanol–water partition coefficient (Wildman–Crippen LogP) is 2.58. The van der Waals surface area contributed by atoms with Crippen LogP contribution in [0.3, 0.4) is 0 Å². The lowest BCUT2D eigenvalue weighted by molar-refractivity contribution is 0.606. The summed E-state index contributed by atoms with van der Waals surface area (Å²) in [4.78, 5) is 0. The summed E-state index contributed by atoms with van der Waals surface area (Å²) in [6.45, 7) is 2.18. The minimum atomic E-state index is 0.513. The highest BCUT2D eigenvalue weighted by Gasteiger charge is 2.02. The van der Waals surface area contributed by atoms with E-state index >= 15 is 0 Å². The van der Waals surface area contributed by atoms with Crippen molar-refractivity contribution < 1.29 is 4.42 Å². The topological polar surface area (TPSA) is 25.2 Å². The molecule has 14 heavy (non-hydrogen) atoms. The molecule has 1 aromatic carbocycles. The van der Waals surface area contributed by atoms with Crippen molar-refractivity contribution in [3.8, 4) is 0 Å². The maximum Gasteiger partial charge on any atom is 0.133 e. The summed E-state index contributed by atoms with van der Waals surface area (Å²) in [6.07, 6.45) is 2.79. The normalized spacial score (nSPS) is 13.3. The van der Waals surface area contributed by atoms with Gasteiger partial charge in [-0.2, -0.15) is 0 Å². The molecular formula is C12H15NO. The van der Waals surface area contributed by atoms with E-state index in [0.717, 1.165) is 12.0 Å². The second-order valence-corrected chi connectivity index (χ2v) is 3.69. The number of hydrogen-bond acceptors (Lipinski definition) is 2. The van der Waals surface area contributed by atoms with E-state index < -0.39 is 0 Å². The van der Waals surface area contributed by atoms with E-state index in [1.54, 1.807) is 6.26 Å². The molecule has 0 bridgehead atoms. The molecule has 2 rings (SSSR count). The molecule has 1 atom stereocenters. The number of hydrogen-bond donors (Lipinski definition) is 1. The fourth-order valence-corrected chi connectivity index (χ4v) is 1.60. The largest absolute Gasteiger partial charge is 0.464 e. The van der Waals surface area contributed by atoms with Crippen molar-refractivity contribution in [2.24, 2.45) is 0 Å². The molecule has 2 aromatic rings. The molecule has 1 aromatic heterocycles. The molecule has 2 heteroatoms. The maximum atomic E-state index is 5.29. The van der Waals surface area contributed by atoms with Gasteiger partial charge in [0, 0.05) is 11.4 Å². The van der Waals surface area contributed by atoms with Crippen molar-refractivity contribution in [3.05, 3.63) is 36.1 Å². The molecule has 1 N–H and O–H groups in total. The van der Waals surface area contributed by atoms with Crippen molar-refractivity contribution in [2.45, 2.75) is 19.4 Å². The standard InChI is InChI=1S/C12H15NO/c1-9(13-2)7-10-3-4-12-11(8-10)5-6-14-12/h3-6,8-9,13H,7H2,1-2H3. The Bertz CT molecular complexity index is 419. The van der Waals surface area contributed by atoms with Crippen LogP contribution in [-0.4, -0.2) is 13.1 Å². The number of furan rings is 1. The van der Waals surface area contributed by atoms with Crippen LogP contribution in [0.4, 0.5) is 0 Å². The number of benzene rings is 1. The maximum absolute atomic E-state index is 5.29. The lowest BCUT2D eigenvalue weighted by Gasteiger charge is -2.09.